The van der Waals surface area contributed by atoms with E-state index in [2.05, 4.69) is 25.6 Å². The second-order valence-corrected chi connectivity index (χ2v) is 6.90. The zero-order chi connectivity index (χ0) is 17.1. The van der Waals surface area contributed by atoms with Crippen LogP contribution < -0.4 is 5.32 Å². The molecule has 0 aliphatic heterocycles. The van der Waals surface area contributed by atoms with Crippen molar-refractivity contribution in [3.05, 3.63) is 22.8 Å². The molecule has 2 aromatic rings. The van der Waals surface area contributed by atoms with E-state index in [1.165, 1.54) is 0 Å². The van der Waals surface area contributed by atoms with Crippen LogP contribution in [0, 0.1) is 6.92 Å². The largest absolute Gasteiger partial charge is 0.476 e. The Morgan fingerprint density at radius 2 is 2.38 bits per heavy atom. The Balaban J connectivity index is 1.55. The van der Waals surface area contributed by atoms with E-state index in [4.69, 9.17) is 0 Å². The van der Waals surface area contributed by atoms with E-state index in [0.717, 1.165) is 53.8 Å². The van der Waals surface area contributed by atoms with Gasteiger partial charge in [0.25, 0.3) is 0 Å². The highest BCUT2D eigenvalue weighted by atomic mass is 32.2. The number of fused-ring (bicyclic) bond motifs is 1. The third-order valence-electron chi connectivity index (χ3n) is 4.19. The van der Waals surface area contributed by atoms with Gasteiger partial charge in [-0.05, 0) is 33.1 Å². The molecule has 8 nitrogen and oxygen atoms in total. The van der Waals surface area contributed by atoms with Crippen molar-refractivity contribution in [1.29, 1.82) is 0 Å². The maximum absolute atomic E-state index is 11.4. The number of carbonyl (C=O) groups is 1. The molecule has 1 aliphatic carbocycles. The van der Waals surface area contributed by atoms with Gasteiger partial charge in [0.05, 0.1) is 0 Å². The van der Waals surface area contributed by atoms with Gasteiger partial charge in [0, 0.05) is 36.1 Å². The van der Waals surface area contributed by atoms with E-state index >= 15 is 0 Å². The molecule has 3 rings (SSSR count). The summed E-state index contributed by atoms with van der Waals surface area (Å²) in [5.41, 5.74) is 2.19. The number of rotatable bonds is 7. The van der Waals surface area contributed by atoms with Crippen molar-refractivity contribution in [2.75, 3.05) is 12.3 Å². The number of hydrogen-bond acceptors (Lipinski definition) is 6. The SMILES string of the molecule is CCn1nc(C(=O)O)c2c1CCC(NCCSc1n[nH]c(C)n1)C2. The summed E-state index contributed by atoms with van der Waals surface area (Å²) in [6.45, 7) is 5.42. The van der Waals surface area contributed by atoms with Gasteiger partial charge < -0.3 is 10.4 Å². The number of thioether (sulfide) groups is 1. The van der Waals surface area contributed by atoms with Crippen LogP contribution in [-0.4, -0.2) is 54.4 Å². The topological polar surface area (TPSA) is 109 Å². The highest BCUT2D eigenvalue weighted by Gasteiger charge is 2.28. The van der Waals surface area contributed by atoms with Crippen LogP contribution in [0.4, 0.5) is 0 Å². The van der Waals surface area contributed by atoms with Crippen molar-refractivity contribution in [3.8, 4) is 0 Å². The number of nitrogens with zero attached hydrogens (tertiary/aromatic N) is 4. The van der Waals surface area contributed by atoms with Crippen molar-refractivity contribution in [1.82, 2.24) is 30.3 Å². The van der Waals surface area contributed by atoms with Crippen LogP contribution >= 0.6 is 11.8 Å². The molecule has 0 aromatic carbocycles. The molecule has 0 saturated carbocycles. The standard InChI is InChI=1S/C15H22N6O2S/c1-3-21-12-5-4-10(8-11(12)13(20-21)14(22)23)16-6-7-24-15-17-9(2)18-19-15/h10,16H,3-8H2,1-2H3,(H,22,23)(H,17,18,19). The average molecular weight is 350 g/mol. The quantitative estimate of drug-likeness (QED) is 0.509. The zero-order valence-corrected chi connectivity index (χ0v) is 14.7. The molecule has 1 unspecified atom stereocenters. The lowest BCUT2D eigenvalue weighted by atomic mass is 9.91. The number of carboxylic acids is 1. The van der Waals surface area contributed by atoms with Crippen LogP contribution in [0.1, 0.15) is 40.9 Å². The number of hydrogen-bond donors (Lipinski definition) is 3. The first-order valence-corrected chi connectivity index (χ1v) is 9.14. The molecule has 0 fully saturated rings. The minimum Gasteiger partial charge on any atom is -0.476 e. The summed E-state index contributed by atoms with van der Waals surface area (Å²) in [7, 11) is 0. The van der Waals surface area contributed by atoms with Gasteiger partial charge in [-0.2, -0.15) is 5.10 Å². The summed E-state index contributed by atoms with van der Waals surface area (Å²) in [6, 6.07) is 0.291. The molecule has 0 saturated heterocycles. The van der Waals surface area contributed by atoms with Crippen LogP contribution in [0.5, 0.6) is 0 Å². The van der Waals surface area contributed by atoms with Crippen LogP contribution in [0.2, 0.25) is 0 Å². The van der Waals surface area contributed by atoms with E-state index in [1.54, 1.807) is 11.8 Å². The zero-order valence-electron chi connectivity index (χ0n) is 13.9. The van der Waals surface area contributed by atoms with Gasteiger partial charge in [0.1, 0.15) is 5.82 Å². The van der Waals surface area contributed by atoms with Gasteiger partial charge in [-0.15, -0.1) is 5.10 Å². The van der Waals surface area contributed by atoms with Crippen LogP contribution in [0.15, 0.2) is 5.16 Å². The Bertz CT molecular complexity index is 726. The number of H-pyrrole nitrogens is 1. The first kappa shape index (κ1) is 17.0. The molecule has 2 heterocycles. The molecular weight excluding hydrogens is 328 g/mol. The Hall–Kier alpha value is -1.87. The number of carboxylic acid groups (broad SMARTS) is 1. The monoisotopic (exact) mass is 350 g/mol. The van der Waals surface area contributed by atoms with Crippen LogP contribution in [0.3, 0.4) is 0 Å². The summed E-state index contributed by atoms with van der Waals surface area (Å²) >= 11 is 1.60. The lowest BCUT2D eigenvalue weighted by Crippen LogP contribution is -2.36. The smallest absolute Gasteiger partial charge is 0.356 e. The van der Waals surface area contributed by atoms with Crippen molar-refractivity contribution >= 4 is 17.7 Å². The molecule has 2 aromatic heterocycles. The molecule has 0 radical (unpaired) electrons. The van der Waals surface area contributed by atoms with E-state index in [9.17, 15) is 9.90 Å². The molecule has 24 heavy (non-hydrogen) atoms. The van der Waals surface area contributed by atoms with Gasteiger partial charge in [0.15, 0.2) is 5.69 Å². The van der Waals surface area contributed by atoms with E-state index in [-0.39, 0.29) is 5.69 Å². The summed E-state index contributed by atoms with van der Waals surface area (Å²) in [5.74, 6) is 0.759. The number of aromatic amines is 1. The number of nitrogens with one attached hydrogen (secondary N) is 2. The maximum atomic E-state index is 11.4. The fraction of sp³-hybridized carbons (Fsp3) is 0.600. The third-order valence-corrected chi connectivity index (χ3v) is 5.04. The van der Waals surface area contributed by atoms with Crippen LogP contribution in [-0.2, 0) is 19.4 Å². The molecule has 9 heteroatoms. The Morgan fingerprint density at radius 1 is 1.54 bits per heavy atom. The fourth-order valence-corrected chi connectivity index (χ4v) is 3.80. The molecule has 0 spiro atoms. The second kappa shape index (κ2) is 7.35. The van der Waals surface area contributed by atoms with Crippen molar-refractivity contribution in [2.45, 2.75) is 50.9 Å². The second-order valence-electron chi connectivity index (χ2n) is 5.84. The molecule has 1 atom stereocenters. The third kappa shape index (κ3) is 3.62. The predicted octanol–water partition coefficient (Wildman–Crippen LogP) is 1.27. The van der Waals surface area contributed by atoms with Crippen molar-refractivity contribution in [3.63, 3.8) is 0 Å². The molecular formula is C15H22N6O2S. The van der Waals surface area contributed by atoms with Crippen molar-refractivity contribution in [2.24, 2.45) is 0 Å². The molecule has 0 amide bonds. The van der Waals surface area contributed by atoms with Gasteiger partial charge in [0.2, 0.25) is 5.16 Å². The molecule has 0 bridgehead atoms. The highest BCUT2D eigenvalue weighted by molar-refractivity contribution is 7.99. The van der Waals surface area contributed by atoms with Gasteiger partial charge in [-0.1, -0.05) is 11.8 Å². The first-order chi connectivity index (χ1) is 11.6. The molecule has 130 valence electrons. The minimum absolute atomic E-state index is 0.212. The summed E-state index contributed by atoms with van der Waals surface area (Å²) < 4.78 is 1.83. The Labute approximate surface area is 144 Å². The number of aromatic carboxylic acids is 1. The normalized spacial score (nSPS) is 17.0. The fourth-order valence-electron chi connectivity index (χ4n) is 3.09. The summed E-state index contributed by atoms with van der Waals surface area (Å²) in [6.07, 6.45) is 2.60. The summed E-state index contributed by atoms with van der Waals surface area (Å²) in [5, 5.41) is 24.8. The van der Waals surface area contributed by atoms with Gasteiger partial charge in [-0.25, -0.2) is 9.78 Å². The number of aryl methyl sites for hydroxylation is 2. The Kier molecular flexibility index (Phi) is 5.20. The van der Waals surface area contributed by atoms with E-state index in [1.807, 2.05) is 18.5 Å². The number of aromatic nitrogens is 5. The van der Waals surface area contributed by atoms with Gasteiger partial charge in [-0.3, -0.25) is 9.78 Å². The lowest BCUT2D eigenvalue weighted by molar-refractivity contribution is 0.0688. The predicted molar refractivity (Wildman–Crippen MR) is 90.5 cm³/mol. The van der Waals surface area contributed by atoms with Gasteiger partial charge >= 0.3 is 5.97 Å². The minimum atomic E-state index is -0.936. The lowest BCUT2D eigenvalue weighted by Gasteiger charge is -2.24. The molecule has 1 aliphatic rings. The maximum Gasteiger partial charge on any atom is 0.356 e. The first-order valence-electron chi connectivity index (χ1n) is 8.15. The summed E-state index contributed by atoms with van der Waals surface area (Å²) in [4.78, 5) is 15.7. The van der Waals surface area contributed by atoms with Crippen LogP contribution in [0.25, 0.3) is 0 Å². The highest BCUT2D eigenvalue weighted by Crippen LogP contribution is 2.25. The van der Waals surface area contributed by atoms with E-state index < -0.39 is 5.97 Å². The Morgan fingerprint density at radius 3 is 3.04 bits per heavy atom. The average Bonchev–Trinajstić information content (AvgIpc) is 3.14. The van der Waals surface area contributed by atoms with E-state index in [0.29, 0.717) is 12.6 Å². The molecule has 3 N–H and O–H groups in total. The van der Waals surface area contributed by atoms with Crippen molar-refractivity contribution < 1.29 is 9.90 Å².